The van der Waals surface area contributed by atoms with Gasteiger partial charge in [-0.2, -0.15) is 0 Å². The number of fused-ring (bicyclic) bond motifs is 3. The first-order valence-corrected chi connectivity index (χ1v) is 8.78. The first-order valence-electron chi connectivity index (χ1n) is 8.78. The maximum absolute atomic E-state index is 12.0. The monoisotopic (exact) mass is 357 g/mol. The van der Waals surface area contributed by atoms with Crippen molar-refractivity contribution in [3.8, 4) is 23.0 Å². The fourth-order valence-electron chi connectivity index (χ4n) is 3.38. The molecule has 0 aliphatic heterocycles. The second-order valence-electron chi connectivity index (χ2n) is 6.41. The molecule has 0 spiro atoms. The van der Waals surface area contributed by atoms with E-state index in [0.717, 1.165) is 0 Å². The number of rotatable bonds is 3. The summed E-state index contributed by atoms with van der Waals surface area (Å²) in [6, 6.07) is 16.5. The Hall–Kier alpha value is -3.52. The third-order valence-corrected chi connectivity index (χ3v) is 4.59. The molecule has 3 aromatic rings. The maximum atomic E-state index is 12.0. The number of aromatic nitrogens is 2. The van der Waals surface area contributed by atoms with Gasteiger partial charge in [-0.15, -0.1) is 0 Å². The van der Waals surface area contributed by atoms with E-state index in [-0.39, 0.29) is 12.5 Å². The molecule has 134 valence electrons. The van der Waals surface area contributed by atoms with Crippen LogP contribution in [0.5, 0.6) is 0 Å². The third-order valence-electron chi connectivity index (χ3n) is 4.59. The Morgan fingerprint density at radius 2 is 1.81 bits per heavy atom. The zero-order valence-electron chi connectivity index (χ0n) is 15.0. The Morgan fingerprint density at radius 1 is 1.15 bits per heavy atom. The summed E-state index contributed by atoms with van der Waals surface area (Å²) in [5.41, 5.74) is 5.49. The number of aryl methyl sites for hydroxylation is 1. The van der Waals surface area contributed by atoms with Crippen molar-refractivity contribution in [2.24, 2.45) is 7.05 Å². The van der Waals surface area contributed by atoms with Crippen LogP contribution in [-0.2, 0) is 11.8 Å². The van der Waals surface area contributed by atoms with Gasteiger partial charge < -0.3 is 14.6 Å². The van der Waals surface area contributed by atoms with Crippen molar-refractivity contribution in [3.63, 3.8) is 0 Å². The first kappa shape index (κ1) is 16.9. The second-order valence-corrected chi connectivity index (χ2v) is 6.41. The van der Waals surface area contributed by atoms with Gasteiger partial charge in [-0.1, -0.05) is 54.5 Å². The number of hydrogen-bond acceptors (Lipinski definition) is 3. The SMILES string of the molecule is Cn1cnc(C#CCNC(=O)OCC2c3ccccc3-c3ccccc32)c1. The molecule has 2 aromatic carbocycles. The Morgan fingerprint density at radius 3 is 2.44 bits per heavy atom. The van der Waals surface area contributed by atoms with Crippen molar-refractivity contribution in [2.75, 3.05) is 13.2 Å². The number of carbonyl (C=O) groups is 1. The number of carbonyl (C=O) groups excluding carboxylic acids is 1. The van der Waals surface area contributed by atoms with E-state index in [1.165, 1.54) is 22.3 Å². The van der Waals surface area contributed by atoms with Gasteiger partial charge in [-0.05, 0) is 28.2 Å². The molecule has 1 N–H and O–H groups in total. The molecule has 1 aliphatic carbocycles. The highest BCUT2D eigenvalue weighted by Gasteiger charge is 2.28. The fraction of sp³-hybridized carbons (Fsp3) is 0.182. The largest absolute Gasteiger partial charge is 0.449 e. The number of nitrogens with zero attached hydrogens (tertiary/aromatic N) is 2. The molecule has 5 nitrogen and oxygen atoms in total. The molecular formula is C22H19N3O2. The number of alkyl carbamates (subject to hydrolysis) is 1. The van der Waals surface area contributed by atoms with Gasteiger partial charge in [-0.3, -0.25) is 0 Å². The number of amides is 1. The van der Waals surface area contributed by atoms with Crippen LogP contribution in [0.15, 0.2) is 61.1 Å². The van der Waals surface area contributed by atoms with Gasteiger partial charge in [0, 0.05) is 19.2 Å². The molecular weight excluding hydrogens is 338 g/mol. The molecule has 0 unspecified atom stereocenters. The van der Waals surface area contributed by atoms with Gasteiger partial charge in [-0.25, -0.2) is 9.78 Å². The topological polar surface area (TPSA) is 56.2 Å². The van der Waals surface area contributed by atoms with Gasteiger partial charge in [0.15, 0.2) is 0 Å². The van der Waals surface area contributed by atoms with Gasteiger partial charge in [0.2, 0.25) is 0 Å². The van der Waals surface area contributed by atoms with Gasteiger partial charge in [0.05, 0.1) is 12.9 Å². The molecule has 1 aromatic heterocycles. The summed E-state index contributed by atoms with van der Waals surface area (Å²) in [5.74, 6) is 5.82. The minimum atomic E-state index is -0.466. The van der Waals surface area contributed by atoms with Crippen molar-refractivity contribution in [3.05, 3.63) is 77.9 Å². The highest BCUT2D eigenvalue weighted by atomic mass is 16.5. The normalized spacial score (nSPS) is 11.9. The summed E-state index contributed by atoms with van der Waals surface area (Å²) in [5, 5.41) is 2.66. The molecule has 0 radical (unpaired) electrons. The van der Waals surface area contributed by atoms with Crippen LogP contribution < -0.4 is 5.32 Å². The molecule has 0 saturated carbocycles. The molecule has 27 heavy (non-hydrogen) atoms. The van der Waals surface area contributed by atoms with Gasteiger partial charge >= 0.3 is 6.09 Å². The van der Waals surface area contributed by atoms with Gasteiger partial charge in [0.1, 0.15) is 12.3 Å². The van der Waals surface area contributed by atoms with Crippen LogP contribution in [0.3, 0.4) is 0 Å². The summed E-state index contributed by atoms with van der Waals surface area (Å²) in [6.07, 6.45) is 3.04. The van der Waals surface area contributed by atoms with Crippen LogP contribution in [0, 0.1) is 11.8 Å². The number of imidazole rings is 1. The number of benzene rings is 2. The highest BCUT2D eigenvalue weighted by Crippen LogP contribution is 2.44. The highest BCUT2D eigenvalue weighted by molar-refractivity contribution is 5.79. The summed E-state index contributed by atoms with van der Waals surface area (Å²) < 4.78 is 7.28. The Labute approximate surface area is 158 Å². The minimum absolute atomic E-state index is 0.0581. The lowest BCUT2D eigenvalue weighted by atomic mass is 9.98. The van der Waals surface area contributed by atoms with Crippen LogP contribution in [0.1, 0.15) is 22.7 Å². The van der Waals surface area contributed by atoms with Crippen LogP contribution in [-0.4, -0.2) is 28.8 Å². The van der Waals surface area contributed by atoms with Crippen LogP contribution in [0.2, 0.25) is 0 Å². The van der Waals surface area contributed by atoms with Crippen molar-refractivity contribution in [1.29, 1.82) is 0 Å². The summed E-state index contributed by atoms with van der Waals surface area (Å²) in [4.78, 5) is 16.1. The zero-order chi connectivity index (χ0) is 18.6. The summed E-state index contributed by atoms with van der Waals surface area (Å²) in [7, 11) is 1.88. The van der Waals surface area contributed by atoms with Crippen molar-refractivity contribution >= 4 is 6.09 Å². The lowest BCUT2D eigenvalue weighted by molar-refractivity contribution is 0.144. The van der Waals surface area contributed by atoms with Crippen LogP contribution in [0.4, 0.5) is 4.79 Å². The standard InChI is InChI=1S/C22H19N3O2/c1-25-13-16(24-15-25)7-6-12-23-22(26)27-14-21-19-10-4-2-8-17(19)18-9-3-5-11-20(18)21/h2-5,8-11,13,15,21H,12,14H2,1H3,(H,23,26). The predicted molar refractivity (Wildman–Crippen MR) is 103 cm³/mol. The van der Waals surface area contributed by atoms with E-state index in [2.05, 4.69) is 46.4 Å². The van der Waals surface area contributed by atoms with E-state index in [0.29, 0.717) is 12.3 Å². The molecule has 0 saturated heterocycles. The molecule has 1 amide bonds. The van der Waals surface area contributed by atoms with E-state index in [1.54, 1.807) is 6.33 Å². The van der Waals surface area contributed by atoms with Crippen molar-refractivity contribution < 1.29 is 9.53 Å². The molecule has 0 bridgehead atoms. The minimum Gasteiger partial charge on any atom is -0.449 e. The average Bonchev–Trinajstić information content (AvgIpc) is 3.25. The summed E-state index contributed by atoms with van der Waals surface area (Å²) >= 11 is 0. The lowest BCUT2D eigenvalue weighted by Gasteiger charge is -2.14. The predicted octanol–water partition coefficient (Wildman–Crippen LogP) is 3.31. The molecule has 1 heterocycles. The average molecular weight is 357 g/mol. The lowest BCUT2D eigenvalue weighted by Crippen LogP contribution is -2.26. The number of hydrogen-bond donors (Lipinski definition) is 1. The number of nitrogens with one attached hydrogen (secondary N) is 1. The summed E-state index contributed by atoms with van der Waals surface area (Å²) in [6.45, 7) is 0.515. The van der Waals surface area contributed by atoms with E-state index >= 15 is 0 Å². The smallest absolute Gasteiger partial charge is 0.407 e. The zero-order valence-corrected chi connectivity index (χ0v) is 15.0. The van der Waals surface area contributed by atoms with Crippen LogP contribution >= 0.6 is 0 Å². The quantitative estimate of drug-likeness (QED) is 0.732. The molecule has 5 heteroatoms. The van der Waals surface area contributed by atoms with E-state index in [1.807, 2.05) is 42.1 Å². The van der Waals surface area contributed by atoms with E-state index in [9.17, 15) is 4.79 Å². The molecule has 4 rings (SSSR count). The Balaban J connectivity index is 1.36. The maximum Gasteiger partial charge on any atom is 0.407 e. The van der Waals surface area contributed by atoms with Gasteiger partial charge in [0.25, 0.3) is 0 Å². The molecule has 0 fully saturated rings. The fourth-order valence-corrected chi connectivity index (χ4v) is 3.38. The second kappa shape index (κ2) is 7.38. The van der Waals surface area contributed by atoms with E-state index < -0.39 is 6.09 Å². The van der Waals surface area contributed by atoms with Crippen LogP contribution in [0.25, 0.3) is 11.1 Å². The van der Waals surface area contributed by atoms with Crippen molar-refractivity contribution in [1.82, 2.24) is 14.9 Å². The van der Waals surface area contributed by atoms with Crippen molar-refractivity contribution in [2.45, 2.75) is 5.92 Å². The Kier molecular flexibility index (Phi) is 4.63. The third kappa shape index (κ3) is 3.56. The molecule has 0 atom stereocenters. The van der Waals surface area contributed by atoms with E-state index in [4.69, 9.17) is 4.74 Å². The number of ether oxygens (including phenoxy) is 1. The first-order chi connectivity index (χ1) is 13.2. The Bertz CT molecular complexity index is 997. The molecule has 1 aliphatic rings.